The van der Waals surface area contributed by atoms with E-state index >= 15 is 0 Å². The quantitative estimate of drug-likeness (QED) is 0.0699. The molecule has 36 heavy (non-hydrogen) atoms. The number of unbranched alkanes of at least 4 members (excludes halogenated alkanes) is 15. The molecule has 214 valence electrons. The van der Waals surface area contributed by atoms with Crippen LogP contribution in [-0.2, 0) is 14.3 Å². The Balaban J connectivity index is 3.51. The van der Waals surface area contributed by atoms with Crippen LogP contribution in [0.2, 0.25) is 0 Å². The van der Waals surface area contributed by atoms with Gasteiger partial charge in [0.05, 0.1) is 21.1 Å². The molecule has 0 rings (SSSR count). The van der Waals surface area contributed by atoms with Crippen LogP contribution in [0.4, 0.5) is 0 Å². The molecule has 0 spiro atoms. The highest BCUT2D eigenvalue weighted by molar-refractivity contribution is 5.70. The van der Waals surface area contributed by atoms with Crippen molar-refractivity contribution in [2.45, 2.75) is 155 Å². The van der Waals surface area contributed by atoms with Crippen molar-refractivity contribution in [2.24, 2.45) is 5.92 Å². The van der Waals surface area contributed by atoms with Crippen molar-refractivity contribution in [2.75, 3.05) is 27.7 Å². The number of likely N-dealkylation sites (N-methyl/N-ethyl adjacent to an activating group) is 1. The molecule has 0 aromatic heterocycles. The van der Waals surface area contributed by atoms with Gasteiger partial charge < -0.3 is 19.1 Å². The molecule has 0 amide bonds. The Hall–Kier alpha value is -1.10. The molecule has 0 saturated heterocycles. The Bertz CT molecular complexity index is 529. The minimum atomic E-state index is -1.17. The van der Waals surface area contributed by atoms with Crippen molar-refractivity contribution >= 4 is 11.9 Å². The average Bonchev–Trinajstić information content (AvgIpc) is 2.77. The number of carbonyl (C=O) groups excluding carboxylic acids is 2. The maximum Gasteiger partial charge on any atom is 0.306 e. The van der Waals surface area contributed by atoms with Crippen molar-refractivity contribution in [3.63, 3.8) is 0 Å². The highest BCUT2D eigenvalue weighted by Crippen LogP contribution is 2.19. The second-order valence-corrected chi connectivity index (χ2v) is 12.3. The van der Waals surface area contributed by atoms with Gasteiger partial charge in [0.15, 0.2) is 6.10 Å². The molecular formula is C31H61NO4. The van der Waals surface area contributed by atoms with Gasteiger partial charge in [-0.2, -0.15) is 0 Å². The monoisotopic (exact) mass is 511 g/mol. The van der Waals surface area contributed by atoms with Gasteiger partial charge >= 0.3 is 5.97 Å². The number of carboxylic acids is 1. The van der Waals surface area contributed by atoms with Gasteiger partial charge in [0.1, 0.15) is 6.54 Å². The highest BCUT2D eigenvalue weighted by Gasteiger charge is 2.22. The number of hydrogen-bond acceptors (Lipinski definition) is 4. The molecule has 0 fully saturated rings. The van der Waals surface area contributed by atoms with Gasteiger partial charge in [-0.25, -0.2) is 0 Å². The van der Waals surface area contributed by atoms with Crippen molar-refractivity contribution in [3.05, 3.63) is 0 Å². The minimum Gasteiger partial charge on any atom is -0.550 e. The van der Waals surface area contributed by atoms with E-state index in [2.05, 4.69) is 13.8 Å². The second kappa shape index (κ2) is 23.0. The lowest BCUT2D eigenvalue weighted by Gasteiger charge is -2.29. The standard InChI is InChI=1S/C31H61NO4/c1-6-7-8-9-17-20-23-28(2)24-21-18-15-13-11-10-12-14-16-19-22-25-31(35)36-29(26-30(33)34)27-32(3,4)5/h28-29H,6-27H2,1-5H3. The fourth-order valence-electron chi connectivity index (χ4n) is 4.96. The predicted octanol–water partition coefficient (Wildman–Crippen LogP) is 7.20. The van der Waals surface area contributed by atoms with Crippen LogP contribution in [0.3, 0.4) is 0 Å². The van der Waals surface area contributed by atoms with E-state index in [4.69, 9.17) is 4.74 Å². The van der Waals surface area contributed by atoms with E-state index in [1.807, 2.05) is 21.1 Å². The van der Waals surface area contributed by atoms with Crippen LogP contribution in [0.25, 0.3) is 0 Å². The van der Waals surface area contributed by atoms with Gasteiger partial charge in [-0.15, -0.1) is 0 Å². The van der Waals surface area contributed by atoms with E-state index in [0.29, 0.717) is 17.4 Å². The Morgan fingerprint density at radius 2 is 1.11 bits per heavy atom. The molecule has 0 N–H and O–H groups in total. The summed E-state index contributed by atoms with van der Waals surface area (Å²) in [5, 5.41) is 10.9. The average molecular weight is 512 g/mol. The molecule has 0 aliphatic carbocycles. The molecule has 0 saturated carbocycles. The molecule has 0 aliphatic rings. The molecule has 0 heterocycles. The SMILES string of the molecule is CCCCCCCCC(C)CCCCCCCCCCCCCC(=O)OC(CC(=O)[O-])C[N+](C)(C)C. The maximum atomic E-state index is 12.1. The van der Waals surface area contributed by atoms with Crippen LogP contribution in [-0.4, -0.2) is 50.2 Å². The molecule has 0 aromatic carbocycles. The lowest BCUT2D eigenvalue weighted by molar-refractivity contribution is -0.873. The van der Waals surface area contributed by atoms with Crippen molar-refractivity contribution < 1.29 is 23.9 Å². The molecule has 0 bridgehead atoms. The number of quaternary nitrogens is 1. The summed E-state index contributed by atoms with van der Waals surface area (Å²) in [6, 6.07) is 0. The number of carbonyl (C=O) groups is 2. The third kappa shape index (κ3) is 26.0. The fourth-order valence-corrected chi connectivity index (χ4v) is 4.96. The zero-order valence-corrected chi connectivity index (χ0v) is 24.8. The fraction of sp³-hybridized carbons (Fsp3) is 0.935. The summed E-state index contributed by atoms with van der Waals surface area (Å²) < 4.78 is 5.95. The van der Waals surface area contributed by atoms with Crippen LogP contribution >= 0.6 is 0 Å². The van der Waals surface area contributed by atoms with Crippen LogP contribution in [0.5, 0.6) is 0 Å². The molecule has 5 heteroatoms. The molecule has 2 unspecified atom stereocenters. The van der Waals surface area contributed by atoms with E-state index < -0.39 is 12.1 Å². The third-order valence-corrected chi connectivity index (χ3v) is 7.07. The smallest absolute Gasteiger partial charge is 0.306 e. The van der Waals surface area contributed by atoms with E-state index in [9.17, 15) is 14.7 Å². The van der Waals surface area contributed by atoms with Crippen LogP contribution < -0.4 is 5.11 Å². The number of rotatable bonds is 26. The highest BCUT2D eigenvalue weighted by atomic mass is 16.5. The number of aliphatic carboxylic acids is 1. The largest absolute Gasteiger partial charge is 0.550 e. The summed E-state index contributed by atoms with van der Waals surface area (Å²) in [6.45, 7) is 5.19. The van der Waals surface area contributed by atoms with Crippen molar-refractivity contribution in [1.82, 2.24) is 0 Å². The van der Waals surface area contributed by atoms with E-state index in [0.717, 1.165) is 25.2 Å². The maximum absolute atomic E-state index is 12.1. The van der Waals surface area contributed by atoms with Gasteiger partial charge in [0.2, 0.25) is 0 Å². The van der Waals surface area contributed by atoms with Gasteiger partial charge in [-0.05, 0) is 12.3 Å². The van der Waals surface area contributed by atoms with Crippen LogP contribution in [0, 0.1) is 5.92 Å². The molecular weight excluding hydrogens is 450 g/mol. The van der Waals surface area contributed by atoms with E-state index in [1.165, 1.54) is 103 Å². The van der Waals surface area contributed by atoms with Gasteiger partial charge in [0.25, 0.3) is 0 Å². The lowest BCUT2D eigenvalue weighted by atomic mass is 9.96. The predicted molar refractivity (Wildman–Crippen MR) is 150 cm³/mol. The summed E-state index contributed by atoms with van der Waals surface area (Å²) in [6.07, 6.45) is 24.6. The summed E-state index contributed by atoms with van der Waals surface area (Å²) in [5.41, 5.74) is 0. The van der Waals surface area contributed by atoms with Crippen molar-refractivity contribution in [1.29, 1.82) is 0 Å². The molecule has 5 nitrogen and oxygen atoms in total. The Kier molecular flexibility index (Phi) is 22.3. The number of ether oxygens (including phenoxy) is 1. The van der Waals surface area contributed by atoms with Gasteiger partial charge in [-0.3, -0.25) is 4.79 Å². The normalized spacial score (nSPS) is 13.5. The number of nitrogens with zero attached hydrogens (tertiary/aromatic N) is 1. The molecule has 0 aliphatic heterocycles. The lowest BCUT2D eigenvalue weighted by Crippen LogP contribution is -2.45. The first-order valence-electron chi connectivity index (χ1n) is 15.3. The molecule has 0 aromatic rings. The van der Waals surface area contributed by atoms with Gasteiger partial charge in [-0.1, -0.05) is 129 Å². The van der Waals surface area contributed by atoms with E-state index in [-0.39, 0.29) is 12.4 Å². The summed E-state index contributed by atoms with van der Waals surface area (Å²) in [7, 11) is 5.86. The minimum absolute atomic E-state index is 0.236. The summed E-state index contributed by atoms with van der Waals surface area (Å²) >= 11 is 0. The van der Waals surface area contributed by atoms with Gasteiger partial charge in [0, 0.05) is 18.8 Å². The molecule has 2 atom stereocenters. The second-order valence-electron chi connectivity index (χ2n) is 12.3. The first-order chi connectivity index (χ1) is 17.1. The van der Waals surface area contributed by atoms with E-state index in [1.54, 1.807) is 0 Å². The Morgan fingerprint density at radius 3 is 1.53 bits per heavy atom. The third-order valence-electron chi connectivity index (χ3n) is 7.07. The number of carboxylic acid groups (broad SMARTS) is 1. The zero-order valence-electron chi connectivity index (χ0n) is 24.8. The van der Waals surface area contributed by atoms with Crippen LogP contribution in [0.15, 0.2) is 0 Å². The first-order valence-corrected chi connectivity index (χ1v) is 15.3. The summed E-state index contributed by atoms with van der Waals surface area (Å²) in [4.78, 5) is 23.0. The number of esters is 1. The van der Waals surface area contributed by atoms with Crippen LogP contribution in [0.1, 0.15) is 149 Å². The van der Waals surface area contributed by atoms with Crippen molar-refractivity contribution in [3.8, 4) is 0 Å². The topological polar surface area (TPSA) is 66.4 Å². The molecule has 0 radical (unpaired) electrons. The number of hydrogen-bond donors (Lipinski definition) is 0. The first kappa shape index (κ1) is 34.9. The Labute approximate surface area is 224 Å². The Morgan fingerprint density at radius 1 is 0.694 bits per heavy atom. The zero-order chi connectivity index (χ0) is 27.1. The summed E-state index contributed by atoms with van der Waals surface area (Å²) in [5.74, 6) is -0.551.